The molecule has 0 aromatic carbocycles. The molecule has 0 aromatic rings. The van der Waals surface area contributed by atoms with Crippen LogP contribution in [0.15, 0.2) is 0 Å². The molecule has 2 saturated heterocycles. The molecule has 19 heavy (non-hydrogen) atoms. The highest BCUT2D eigenvalue weighted by atomic mass is 32.2. The summed E-state index contributed by atoms with van der Waals surface area (Å²) in [6, 6.07) is 0. The van der Waals surface area contributed by atoms with Gasteiger partial charge < -0.3 is 4.74 Å². The van der Waals surface area contributed by atoms with Gasteiger partial charge in [0.05, 0.1) is 0 Å². The van der Waals surface area contributed by atoms with Crippen LogP contribution >= 0.6 is 11.8 Å². The van der Waals surface area contributed by atoms with Crippen molar-refractivity contribution in [2.45, 2.75) is 63.5 Å². The van der Waals surface area contributed by atoms with Crippen molar-refractivity contribution in [3.05, 3.63) is 0 Å². The Bertz CT molecular complexity index is 333. The first kappa shape index (κ1) is 13.0. The van der Waals surface area contributed by atoms with Crippen LogP contribution in [-0.2, 0) is 4.74 Å². The van der Waals surface area contributed by atoms with Gasteiger partial charge in [-0.05, 0) is 79.8 Å². The fourth-order valence-electron chi connectivity index (χ4n) is 5.67. The van der Waals surface area contributed by atoms with Gasteiger partial charge in [-0.25, -0.2) is 0 Å². The minimum atomic E-state index is 0.731. The van der Waals surface area contributed by atoms with Crippen molar-refractivity contribution < 1.29 is 4.74 Å². The average Bonchev–Trinajstić information content (AvgIpc) is 2.72. The Morgan fingerprint density at radius 2 is 1.74 bits per heavy atom. The largest absolute Gasteiger partial charge is 0.381 e. The van der Waals surface area contributed by atoms with Crippen LogP contribution in [0.25, 0.3) is 0 Å². The van der Waals surface area contributed by atoms with Gasteiger partial charge in [0.2, 0.25) is 0 Å². The summed E-state index contributed by atoms with van der Waals surface area (Å²) in [5.41, 5.74) is 1.53. The second-order valence-electron chi connectivity index (χ2n) is 8.27. The minimum Gasteiger partial charge on any atom is -0.381 e. The van der Waals surface area contributed by atoms with Crippen LogP contribution in [0.5, 0.6) is 0 Å². The maximum absolute atomic E-state index is 5.52. The normalized spacial score (nSPS) is 40.3. The van der Waals surface area contributed by atoms with E-state index in [0.717, 1.165) is 41.1 Å². The lowest BCUT2D eigenvalue weighted by Gasteiger charge is -2.51. The Labute approximate surface area is 122 Å². The van der Waals surface area contributed by atoms with E-state index >= 15 is 0 Å². The molecule has 4 aliphatic rings. The van der Waals surface area contributed by atoms with Gasteiger partial charge in [0.15, 0.2) is 0 Å². The van der Waals surface area contributed by atoms with E-state index in [1.54, 1.807) is 6.42 Å². The van der Waals surface area contributed by atoms with E-state index in [0.29, 0.717) is 0 Å². The van der Waals surface area contributed by atoms with Crippen molar-refractivity contribution in [2.24, 2.45) is 22.7 Å². The number of hydrogen-bond acceptors (Lipinski definition) is 2. The SMILES string of the molecule is CC1CC2(CSC(CC3CC4(CCOCC4)C3)C2)C1. The third-order valence-electron chi connectivity index (χ3n) is 6.44. The van der Waals surface area contributed by atoms with E-state index in [2.05, 4.69) is 18.7 Å². The third kappa shape index (κ3) is 2.37. The molecule has 4 fully saturated rings. The quantitative estimate of drug-likeness (QED) is 0.736. The molecule has 0 radical (unpaired) electrons. The molecule has 1 atom stereocenters. The Balaban J connectivity index is 1.24. The fraction of sp³-hybridized carbons (Fsp3) is 1.00. The van der Waals surface area contributed by atoms with E-state index in [1.807, 2.05) is 0 Å². The summed E-state index contributed by atoms with van der Waals surface area (Å²) >= 11 is 2.32. The van der Waals surface area contributed by atoms with Gasteiger partial charge in [-0.2, -0.15) is 11.8 Å². The van der Waals surface area contributed by atoms with Gasteiger partial charge in [-0.1, -0.05) is 6.92 Å². The Morgan fingerprint density at radius 1 is 1.00 bits per heavy atom. The standard InChI is InChI=1S/C17H28OS/c1-13-7-17(8-13)11-15(19-12-17)6-14-9-16(10-14)2-4-18-5-3-16/h13-15H,2-12H2,1H3. The average molecular weight is 280 g/mol. The maximum atomic E-state index is 5.52. The second kappa shape index (κ2) is 4.66. The van der Waals surface area contributed by atoms with E-state index in [-0.39, 0.29) is 0 Å². The van der Waals surface area contributed by atoms with Crippen molar-refractivity contribution in [1.29, 1.82) is 0 Å². The number of rotatable bonds is 2. The van der Waals surface area contributed by atoms with Crippen LogP contribution < -0.4 is 0 Å². The van der Waals surface area contributed by atoms with Crippen molar-refractivity contribution in [1.82, 2.24) is 0 Å². The molecule has 2 heterocycles. The summed E-state index contributed by atoms with van der Waals surface area (Å²) in [7, 11) is 0. The lowest BCUT2D eigenvalue weighted by atomic mass is 9.56. The van der Waals surface area contributed by atoms with Gasteiger partial charge in [0, 0.05) is 18.5 Å². The van der Waals surface area contributed by atoms with Gasteiger partial charge in [-0.15, -0.1) is 0 Å². The van der Waals surface area contributed by atoms with Crippen LogP contribution in [0.2, 0.25) is 0 Å². The molecule has 0 bridgehead atoms. The summed E-state index contributed by atoms with van der Waals surface area (Å²) in [6.07, 6.45) is 11.9. The van der Waals surface area contributed by atoms with Gasteiger partial charge in [0.25, 0.3) is 0 Å². The van der Waals surface area contributed by atoms with Crippen molar-refractivity contribution >= 4 is 11.8 Å². The number of thioether (sulfide) groups is 1. The summed E-state index contributed by atoms with van der Waals surface area (Å²) in [5, 5.41) is 1.01. The van der Waals surface area contributed by atoms with Crippen LogP contribution in [-0.4, -0.2) is 24.2 Å². The van der Waals surface area contributed by atoms with Crippen molar-refractivity contribution in [3.63, 3.8) is 0 Å². The Hall–Kier alpha value is 0.310. The molecule has 0 aromatic heterocycles. The van der Waals surface area contributed by atoms with E-state index in [4.69, 9.17) is 4.74 Å². The Kier molecular flexibility index (Phi) is 3.19. The minimum absolute atomic E-state index is 0.731. The summed E-state index contributed by atoms with van der Waals surface area (Å²) in [4.78, 5) is 0. The van der Waals surface area contributed by atoms with Gasteiger partial charge in [-0.3, -0.25) is 0 Å². The fourth-order valence-corrected chi connectivity index (χ4v) is 7.49. The predicted molar refractivity (Wildman–Crippen MR) is 81.5 cm³/mol. The summed E-state index contributed by atoms with van der Waals surface area (Å²) in [5.74, 6) is 3.56. The molecule has 1 nitrogen and oxygen atoms in total. The molecule has 2 aliphatic heterocycles. The molecule has 4 rings (SSSR count). The molecule has 0 amide bonds. The van der Waals surface area contributed by atoms with Crippen LogP contribution in [0.1, 0.15) is 58.3 Å². The zero-order valence-electron chi connectivity index (χ0n) is 12.3. The Morgan fingerprint density at radius 3 is 2.42 bits per heavy atom. The molecule has 108 valence electrons. The lowest BCUT2D eigenvalue weighted by molar-refractivity contribution is -0.0613. The smallest absolute Gasteiger partial charge is 0.0471 e. The zero-order valence-corrected chi connectivity index (χ0v) is 13.1. The molecule has 2 saturated carbocycles. The van der Waals surface area contributed by atoms with Crippen molar-refractivity contribution in [3.8, 4) is 0 Å². The molecule has 2 spiro atoms. The third-order valence-corrected chi connectivity index (χ3v) is 8.05. The van der Waals surface area contributed by atoms with Crippen molar-refractivity contribution in [2.75, 3.05) is 19.0 Å². The molecular weight excluding hydrogens is 252 g/mol. The number of hydrogen-bond donors (Lipinski definition) is 0. The molecule has 2 heteroatoms. The highest BCUT2D eigenvalue weighted by Crippen LogP contribution is 2.60. The monoisotopic (exact) mass is 280 g/mol. The van der Waals surface area contributed by atoms with Gasteiger partial charge in [0.1, 0.15) is 0 Å². The van der Waals surface area contributed by atoms with Crippen LogP contribution in [0.4, 0.5) is 0 Å². The maximum Gasteiger partial charge on any atom is 0.0471 e. The molecule has 2 aliphatic carbocycles. The van der Waals surface area contributed by atoms with E-state index < -0.39 is 0 Å². The number of ether oxygens (including phenoxy) is 1. The lowest BCUT2D eigenvalue weighted by Crippen LogP contribution is -2.42. The van der Waals surface area contributed by atoms with E-state index in [1.165, 1.54) is 50.7 Å². The second-order valence-corrected chi connectivity index (χ2v) is 9.56. The van der Waals surface area contributed by atoms with Gasteiger partial charge >= 0.3 is 0 Å². The summed E-state index contributed by atoms with van der Waals surface area (Å²) in [6.45, 7) is 4.50. The first-order chi connectivity index (χ1) is 9.17. The molecule has 1 unspecified atom stereocenters. The highest BCUT2D eigenvalue weighted by molar-refractivity contribution is 8.00. The summed E-state index contributed by atoms with van der Waals surface area (Å²) < 4.78 is 5.52. The highest BCUT2D eigenvalue weighted by Gasteiger charge is 2.50. The first-order valence-corrected chi connectivity index (χ1v) is 9.41. The van der Waals surface area contributed by atoms with Crippen LogP contribution in [0, 0.1) is 22.7 Å². The predicted octanol–water partition coefficient (Wildman–Crippen LogP) is 4.51. The zero-order chi connectivity index (χ0) is 12.9. The molecule has 0 N–H and O–H groups in total. The van der Waals surface area contributed by atoms with Crippen LogP contribution in [0.3, 0.4) is 0 Å². The topological polar surface area (TPSA) is 9.23 Å². The first-order valence-electron chi connectivity index (χ1n) is 8.37. The molecular formula is C17H28OS. The van der Waals surface area contributed by atoms with E-state index in [9.17, 15) is 0 Å².